The summed E-state index contributed by atoms with van der Waals surface area (Å²) in [6.07, 6.45) is 20.7. The Bertz CT molecular complexity index is 1570. The molecule has 0 aliphatic rings. The third-order valence-electron chi connectivity index (χ3n) is 11.1. The van der Waals surface area contributed by atoms with Crippen LogP contribution < -0.4 is 21.3 Å². The number of rotatable bonds is 49. The van der Waals surface area contributed by atoms with Crippen molar-refractivity contribution in [3.05, 3.63) is 18.2 Å². The lowest BCUT2D eigenvalue weighted by molar-refractivity contribution is -0.142. The van der Waals surface area contributed by atoms with E-state index in [1.807, 2.05) is 0 Å². The number of aryl methyl sites for hydroxylation is 1. The molecule has 408 valence electrons. The van der Waals surface area contributed by atoms with Crippen LogP contribution in [0, 0.1) is 0 Å². The Labute approximate surface area is 420 Å². The number of aliphatic carboxylic acids is 2. The predicted octanol–water partition coefficient (Wildman–Crippen LogP) is 4.17. The minimum absolute atomic E-state index is 0.0263. The predicted molar refractivity (Wildman–Crippen MR) is 266 cm³/mol. The maximum absolute atomic E-state index is 12.1. The molecule has 1 rings (SSSR count). The second-order valence-corrected chi connectivity index (χ2v) is 17.3. The third-order valence-corrected chi connectivity index (χ3v) is 11.1. The van der Waals surface area contributed by atoms with E-state index >= 15 is 0 Å². The van der Waals surface area contributed by atoms with E-state index in [4.69, 9.17) is 24.1 Å². The van der Waals surface area contributed by atoms with E-state index < -0.39 is 30.6 Å². The van der Waals surface area contributed by atoms with Gasteiger partial charge in [-0.1, -0.05) is 71.1 Å². The van der Waals surface area contributed by atoms with Crippen molar-refractivity contribution in [2.45, 2.75) is 173 Å². The summed E-state index contributed by atoms with van der Waals surface area (Å²) in [4.78, 5) is 99.7. The van der Waals surface area contributed by atoms with Crippen molar-refractivity contribution in [1.82, 2.24) is 31.2 Å². The number of hydrogen-bond donors (Lipinski definition) is 8. The first-order valence-corrected chi connectivity index (χ1v) is 25.7. The molecule has 1 heterocycles. The third kappa shape index (κ3) is 43.8. The van der Waals surface area contributed by atoms with Crippen molar-refractivity contribution in [2.24, 2.45) is 0 Å². The second kappa shape index (κ2) is 47.6. The molecule has 2 atom stereocenters. The maximum atomic E-state index is 12.1. The van der Waals surface area contributed by atoms with E-state index in [0.29, 0.717) is 104 Å². The zero-order valence-electron chi connectivity index (χ0n) is 42.7. The average Bonchev–Trinajstić information content (AvgIpc) is 3.88. The lowest BCUT2D eigenvalue weighted by Crippen LogP contribution is -2.41. The van der Waals surface area contributed by atoms with Crippen molar-refractivity contribution < 1.29 is 72.6 Å². The number of ether oxygens (including phenoxy) is 4. The summed E-state index contributed by atoms with van der Waals surface area (Å²) in [5, 5.41) is 38.1. The van der Waals surface area contributed by atoms with Gasteiger partial charge >= 0.3 is 11.9 Å². The number of unbranched alkanes of at least 4 members (excludes halogenated alkanes) is 12. The molecular weight excluding hydrogens is 925 g/mol. The summed E-state index contributed by atoms with van der Waals surface area (Å²) in [6.45, 7) is 4.46. The fourth-order valence-corrected chi connectivity index (χ4v) is 6.93. The summed E-state index contributed by atoms with van der Waals surface area (Å²) in [7, 11) is 1.59. The summed E-state index contributed by atoms with van der Waals surface area (Å²) < 4.78 is 20.7. The molecule has 71 heavy (non-hydrogen) atoms. The summed E-state index contributed by atoms with van der Waals surface area (Å²) in [5.41, 5.74) is 0.871. The Hall–Kier alpha value is -4.67. The van der Waals surface area contributed by atoms with Crippen molar-refractivity contribution in [3.8, 4) is 0 Å². The highest BCUT2D eigenvalue weighted by Crippen LogP contribution is 2.13. The van der Waals surface area contributed by atoms with Crippen LogP contribution in [0.2, 0.25) is 0 Å². The number of amides is 3. The number of Topliss-reactive ketones (excluding diaryl/α,β-unsaturated/α-hetero) is 3. The van der Waals surface area contributed by atoms with Gasteiger partial charge in [-0.15, -0.1) is 0 Å². The Morgan fingerprint density at radius 2 is 1.23 bits per heavy atom. The van der Waals surface area contributed by atoms with Crippen LogP contribution in [0.1, 0.15) is 160 Å². The van der Waals surface area contributed by atoms with Gasteiger partial charge in [-0.2, -0.15) is 0 Å². The highest BCUT2D eigenvalue weighted by atomic mass is 16.5. The van der Waals surface area contributed by atoms with Crippen LogP contribution >= 0.6 is 0 Å². The van der Waals surface area contributed by atoms with Gasteiger partial charge in [0.25, 0.3) is 0 Å². The van der Waals surface area contributed by atoms with Crippen LogP contribution in [0.25, 0.3) is 0 Å². The normalized spacial score (nSPS) is 11.8. The minimum Gasteiger partial charge on any atom is -0.481 e. The van der Waals surface area contributed by atoms with Gasteiger partial charge in [0, 0.05) is 77.2 Å². The Kier molecular flexibility index (Phi) is 44.5. The van der Waals surface area contributed by atoms with Crippen LogP contribution in [0.5, 0.6) is 0 Å². The lowest BCUT2D eigenvalue weighted by Gasteiger charge is -2.16. The van der Waals surface area contributed by atoms with Crippen LogP contribution in [-0.2, 0) is 63.7 Å². The van der Waals surface area contributed by atoms with E-state index in [1.54, 1.807) is 26.6 Å². The second-order valence-electron chi connectivity index (χ2n) is 17.3. The number of hydrogen-bond acceptors (Lipinski definition) is 15. The van der Waals surface area contributed by atoms with E-state index in [-0.39, 0.29) is 74.1 Å². The lowest BCUT2D eigenvalue weighted by atomic mass is 10.0. The SMILES string of the molecule is CCC(=O)NCCOCCOCC(=O)NCCCC[C@H](NCC(=O)CCc1cnc[nH]1)C(=O)CO.COCCOCCCC(=O)CC[C@H](NC(=O)CCCCCCCCCCCCCCC(=O)O)C(=O)O. The van der Waals surface area contributed by atoms with Crippen molar-refractivity contribution in [3.63, 3.8) is 0 Å². The number of aliphatic hydroxyl groups is 1. The number of imidazole rings is 1. The van der Waals surface area contributed by atoms with E-state index in [9.17, 15) is 48.6 Å². The highest BCUT2D eigenvalue weighted by Gasteiger charge is 2.21. The molecule has 21 heteroatoms. The fraction of sp³-hybridized carbons (Fsp3) is 0.780. The number of nitrogens with zero attached hydrogens (tertiary/aromatic N) is 1. The molecule has 21 nitrogen and oxygen atoms in total. The number of aromatic nitrogens is 2. The van der Waals surface area contributed by atoms with Gasteiger partial charge in [0.2, 0.25) is 17.7 Å². The molecule has 8 N–H and O–H groups in total. The van der Waals surface area contributed by atoms with Gasteiger partial charge in [-0.25, -0.2) is 9.78 Å². The molecule has 0 saturated carbocycles. The fourth-order valence-electron chi connectivity index (χ4n) is 6.93. The number of carboxylic acids is 2. The van der Waals surface area contributed by atoms with E-state index in [2.05, 4.69) is 31.2 Å². The number of H-pyrrole nitrogens is 1. The topological polar surface area (TPSA) is 311 Å². The number of methoxy groups -OCH3 is 1. The van der Waals surface area contributed by atoms with Gasteiger partial charge in [0.15, 0.2) is 5.78 Å². The smallest absolute Gasteiger partial charge is 0.326 e. The maximum Gasteiger partial charge on any atom is 0.326 e. The summed E-state index contributed by atoms with van der Waals surface area (Å²) in [6, 6.07) is -1.64. The molecule has 0 bridgehead atoms. The quantitative estimate of drug-likeness (QED) is 0.0425. The first-order chi connectivity index (χ1) is 34.3. The minimum atomic E-state index is -1.11. The molecule has 3 amide bonds. The molecule has 0 saturated heterocycles. The molecule has 0 radical (unpaired) electrons. The summed E-state index contributed by atoms with van der Waals surface area (Å²) >= 11 is 0. The van der Waals surface area contributed by atoms with Crippen molar-refractivity contribution >= 4 is 47.0 Å². The standard InChI is InChI=1S/C27H49NO8.C23H39N5O7/c1-35-21-22-36-20-14-15-23(29)18-19-24(27(33)34)28-25(30)16-12-10-8-6-4-2-3-5-7-9-11-13-17-26(31)32;1-2-22(32)26-9-10-34-11-12-35-16-23(33)25-8-4-3-5-20(21(31)15-29)27-14-19(30)7-6-18-13-24-17-28-18/h24H,2-22H2,1H3,(H,28,30)(H,31,32)(H,33,34);13,17,20,27,29H,2-12,14-16H2,1H3,(H,24,28)(H,25,33)(H,26,32)/t24-;20-/m00/s1. The summed E-state index contributed by atoms with van der Waals surface area (Å²) in [5.74, 6) is -2.79. The van der Waals surface area contributed by atoms with Crippen LogP contribution in [0.15, 0.2) is 12.5 Å². The van der Waals surface area contributed by atoms with Crippen LogP contribution in [0.3, 0.4) is 0 Å². The number of carbonyl (C=O) groups is 8. The first kappa shape index (κ1) is 66.3. The Morgan fingerprint density at radius 3 is 1.83 bits per heavy atom. The van der Waals surface area contributed by atoms with Crippen LogP contribution in [-0.4, -0.2) is 164 Å². The Balaban J connectivity index is 0.00000138. The molecule has 1 aromatic rings. The molecular formula is C50H88N6O15. The monoisotopic (exact) mass is 1010 g/mol. The number of aromatic amines is 1. The molecule has 0 aromatic carbocycles. The number of nitrogens with one attached hydrogen (secondary N) is 5. The van der Waals surface area contributed by atoms with Gasteiger partial charge in [-0.3, -0.25) is 33.6 Å². The number of carbonyl (C=O) groups excluding carboxylic acids is 6. The van der Waals surface area contributed by atoms with Crippen LogP contribution in [0.4, 0.5) is 0 Å². The zero-order chi connectivity index (χ0) is 52.6. The van der Waals surface area contributed by atoms with Crippen molar-refractivity contribution in [2.75, 3.05) is 79.6 Å². The number of ketones is 3. The number of carboxylic acid groups (broad SMARTS) is 2. The highest BCUT2D eigenvalue weighted by molar-refractivity contribution is 5.87. The first-order valence-electron chi connectivity index (χ1n) is 25.7. The molecule has 0 aliphatic heterocycles. The largest absolute Gasteiger partial charge is 0.481 e. The molecule has 0 fully saturated rings. The van der Waals surface area contributed by atoms with E-state index in [1.165, 1.54) is 32.1 Å². The molecule has 0 aliphatic carbocycles. The Morgan fingerprint density at radius 1 is 0.606 bits per heavy atom. The molecule has 0 unspecified atom stereocenters. The van der Waals surface area contributed by atoms with Gasteiger partial charge in [0.1, 0.15) is 30.8 Å². The molecule has 0 spiro atoms. The molecule has 1 aromatic heterocycles. The van der Waals surface area contributed by atoms with Gasteiger partial charge < -0.3 is 60.5 Å². The average molecular weight is 1010 g/mol. The van der Waals surface area contributed by atoms with Gasteiger partial charge in [-0.05, 0) is 51.4 Å². The van der Waals surface area contributed by atoms with Gasteiger partial charge in [0.05, 0.1) is 51.9 Å². The number of aliphatic hydroxyl groups excluding tert-OH is 1. The van der Waals surface area contributed by atoms with E-state index in [0.717, 1.165) is 50.6 Å². The van der Waals surface area contributed by atoms with Crippen molar-refractivity contribution in [1.29, 1.82) is 0 Å². The zero-order valence-corrected chi connectivity index (χ0v) is 42.7.